The van der Waals surface area contributed by atoms with Gasteiger partial charge in [0.1, 0.15) is 29.1 Å². The lowest BCUT2D eigenvalue weighted by molar-refractivity contribution is 0.0936. The van der Waals surface area contributed by atoms with E-state index in [1.165, 1.54) is 12.1 Å². The summed E-state index contributed by atoms with van der Waals surface area (Å²) in [7, 11) is 0. The van der Waals surface area contributed by atoms with Crippen molar-refractivity contribution in [1.29, 1.82) is 0 Å². The third kappa shape index (κ3) is 4.91. The van der Waals surface area contributed by atoms with Crippen molar-refractivity contribution >= 4 is 16.9 Å². The van der Waals surface area contributed by atoms with Crippen LogP contribution >= 0.6 is 0 Å². The molecule has 0 saturated heterocycles. The molecule has 8 heteroatoms. The number of para-hydroxylation sites is 2. The van der Waals surface area contributed by atoms with Crippen LogP contribution in [0.4, 0.5) is 4.39 Å². The first-order chi connectivity index (χ1) is 17.5. The van der Waals surface area contributed by atoms with E-state index in [4.69, 9.17) is 0 Å². The Morgan fingerprint density at radius 2 is 1.78 bits per heavy atom. The number of aryl methyl sites for hydroxylation is 1. The Morgan fingerprint density at radius 1 is 1.00 bits per heavy atom. The molecule has 1 unspecified atom stereocenters. The van der Waals surface area contributed by atoms with E-state index in [1.54, 1.807) is 43.6 Å². The van der Waals surface area contributed by atoms with Crippen molar-refractivity contribution in [1.82, 2.24) is 25.3 Å². The minimum Gasteiger partial charge on any atom is -0.508 e. The molecule has 0 aliphatic heterocycles. The second kappa shape index (κ2) is 9.68. The van der Waals surface area contributed by atoms with Crippen LogP contribution in [-0.4, -0.2) is 30.9 Å². The quantitative estimate of drug-likeness (QED) is 0.333. The molecular weight excluding hydrogens is 457 g/mol. The zero-order valence-corrected chi connectivity index (χ0v) is 19.2. The number of pyridine rings is 2. The number of nitrogens with one attached hydrogen (secondary N) is 2. The van der Waals surface area contributed by atoms with Gasteiger partial charge in [-0.15, -0.1) is 0 Å². The van der Waals surface area contributed by atoms with Gasteiger partial charge in [0.15, 0.2) is 0 Å². The molecule has 0 spiro atoms. The molecule has 176 valence electrons. The fourth-order valence-corrected chi connectivity index (χ4v) is 3.80. The average Bonchev–Trinajstić information content (AvgIpc) is 3.32. The number of phenolic OH excluding ortho intramolecular Hbond substituents is 1. The lowest BCUT2D eigenvalue weighted by Gasteiger charge is -2.18. The summed E-state index contributed by atoms with van der Waals surface area (Å²) in [6.45, 7) is 1.77. The number of hydrogen-bond donors (Lipinski definition) is 3. The number of halogens is 1. The van der Waals surface area contributed by atoms with Gasteiger partial charge in [-0.3, -0.25) is 9.78 Å². The highest BCUT2D eigenvalue weighted by atomic mass is 19.1. The van der Waals surface area contributed by atoms with E-state index in [9.17, 15) is 14.3 Å². The molecule has 0 radical (unpaired) electrons. The fourth-order valence-electron chi connectivity index (χ4n) is 3.80. The summed E-state index contributed by atoms with van der Waals surface area (Å²) in [5.74, 6) is 5.16. The lowest BCUT2D eigenvalue weighted by atomic mass is 10.0. The molecule has 3 heterocycles. The van der Waals surface area contributed by atoms with Crippen molar-refractivity contribution in [2.24, 2.45) is 0 Å². The van der Waals surface area contributed by atoms with E-state index < -0.39 is 17.8 Å². The number of fused-ring (bicyclic) bond motifs is 1. The predicted octanol–water partition coefficient (Wildman–Crippen LogP) is 4.43. The standard InChI is InChI=1S/C28H20FN5O2/c1-17-14-19(7-6-18-10-12-30-13-11-18)15-24(31-17)28(36)34-26(21-16-20(29)8-9-25(21)35)27-32-22-4-2-3-5-23(22)33-27/h2-5,8-16,26,35H,1H3,(H,32,33)(H,34,36). The molecular formula is C28H20FN5O2. The van der Waals surface area contributed by atoms with Gasteiger partial charge in [0.25, 0.3) is 5.91 Å². The molecule has 0 aliphatic carbocycles. The molecule has 1 amide bonds. The summed E-state index contributed by atoms with van der Waals surface area (Å²) in [5, 5.41) is 13.3. The second-order valence-corrected chi connectivity index (χ2v) is 8.12. The molecule has 0 saturated carbocycles. The molecule has 5 aromatic rings. The predicted molar refractivity (Wildman–Crippen MR) is 133 cm³/mol. The third-order valence-electron chi connectivity index (χ3n) is 5.47. The van der Waals surface area contributed by atoms with E-state index in [0.717, 1.165) is 17.1 Å². The normalized spacial score (nSPS) is 11.5. The number of hydrogen-bond acceptors (Lipinski definition) is 5. The Kier molecular flexibility index (Phi) is 6.12. The maximum Gasteiger partial charge on any atom is 0.270 e. The maximum atomic E-state index is 14.1. The van der Waals surface area contributed by atoms with Crippen LogP contribution in [-0.2, 0) is 0 Å². The van der Waals surface area contributed by atoms with E-state index in [1.807, 2.05) is 24.3 Å². The molecule has 5 rings (SSSR count). The number of aromatic amines is 1. The number of imidazole rings is 1. The minimum atomic E-state index is -0.964. The van der Waals surface area contributed by atoms with Crippen molar-refractivity contribution in [2.45, 2.75) is 13.0 Å². The van der Waals surface area contributed by atoms with Crippen LogP contribution < -0.4 is 5.32 Å². The molecule has 3 aromatic heterocycles. The number of rotatable bonds is 4. The number of aromatic nitrogens is 4. The Morgan fingerprint density at radius 3 is 2.58 bits per heavy atom. The molecule has 0 aliphatic rings. The number of H-pyrrole nitrogens is 1. The van der Waals surface area contributed by atoms with Crippen LogP contribution in [0.5, 0.6) is 5.75 Å². The van der Waals surface area contributed by atoms with Gasteiger partial charge in [-0.25, -0.2) is 14.4 Å². The summed E-state index contributed by atoms with van der Waals surface area (Å²) in [6.07, 6.45) is 3.31. The van der Waals surface area contributed by atoms with Gasteiger partial charge in [-0.2, -0.15) is 0 Å². The van der Waals surface area contributed by atoms with Gasteiger partial charge in [0.05, 0.1) is 11.0 Å². The van der Waals surface area contributed by atoms with Crippen LogP contribution in [0.15, 0.2) is 79.1 Å². The molecule has 0 fully saturated rings. The third-order valence-corrected chi connectivity index (χ3v) is 5.47. The largest absolute Gasteiger partial charge is 0.508 e. The number of benzene rings is 2. The second-order valence-electron chi connectivity index (χ2n) is 8.12. The SMILES string of the molecule is Cc1cc(C#Cc2ccncc2)cc(C(=O)NC(c2nc3ccccc3[nH]2)c2cc(F)ccc2O)n1. The molecule has 7 nitrogen and oxygen atoms in total. The summed E-state index contributed by atoms with van der Waals surface area (Å²) in [6, 6.07) is 16.9. The van der Waals surface area contributed by atoms with Crippen LogP contribution in [0.2, 0.25) is 0 Å². The summed E-state index contributed by atoms with van der Waals surface area (Å²) >= 11 is 0. The highest BCUT2D eigenvalue weighted by Gasteiger charge is 2.25. The maximum absolute atomic E-state index is 14.1. The van der Waals surface area contributed by atoms with E-state index in [2.05, 4.69) is 37.1 Å². The first kappa shape index (κ1) is 22.7. The number of phenols is 1. The van der Waals surface area contributed by atoms with E-state index in [0.29, 0.717) is 22.6 Å². The number of carbonyl (C=O) groups excluding carboxylic acids is 1. The van der Waals surface area contributed by atoms with Crippen molar-refractivity contribution in [3.8, 4) is 17.6 Å². The molecule has 36 heavy (non-hydrogen) atoms. The first-order valence-corrected chi connectivity index (χ1v) is 11.1. The van der Waals surface area contributed by atoms with Crippen LogP contribution in [0.3, 0.4) is 0 Å². The average molecular weight is 477 g/mol. The fraction of sp³-hybridized carbons (Fsp3) is 0.0714. The van der Waals surface area contributed by atoms with Gasteiger partial charge >= 0.3 is 0 Å². The van der Waals surface area contributed by atoms with E-state index >= 15 is 0 Å². The Balaban J connectivity index is 1.51. The Bertz CT molecular complexity index is 1600. The Labute approximate surface area is 206 Å². The molecule has 0 bridgehead atoms. The topological polar surface area (TPSA) is 104 Å². The van der Waals surface area contributed by atoms with Gasteiger partial charge in [-0.1, -0.05) is 24.0 Å². The van der Waals surface area contributed by atoms with Gasteiger partial charge in [-0.05, 0) is 61.5 Å². The monoisotopic (exact) mass is 477 g/mol. The molecule has 2 aromatic carbocycles. The van der Waals surface area contributed by atoms with Crippen LogP contribution in [0.1, 0.15) is 44.7 Å². The van der Waals surface area contributed by atoms with Gasteiger partial charge in [0, 0.05) is 34.8 Å². The smallest absolute Gasteiger partial charge is 0.270 e. The summed E-state index contributed by atoms with van der Waals surface area (Å²) < 4.78 is 14.1. The zero-order chi connectivity index (χ0) is 25.1. The van der Waals surface area contributed by atoms with Gasteiger partial charge < -0.3 is 15.4 Å². The highest BCUT2D eigenvalue weighted by Crippen LogP contribution is 2.30. The number of amides is 1. The molecule has 3 N–H and O–H groups in total. The van der Waals surface area contributed by atoms with Crippen molar-refractivity contribution in [2.75, 3.05) is 0 Å². The summed E-state index contributed by atoms with van der Waals surface area (Å²) in [5.41, 5.74) is 3.71. The van der Waals surface area contributed by atoms with Gasteiger partial charge in [0.2, 0.25) is 0 Å². The van der Waals surface area contributed by atoms with E-state index in [-0.39, 0.29) is 17.0 Å². The van der Waals surface area contributed by atoms with Crippen molar-refractivity contribution in [3.63, 3.8) is 0 Å². The number of carbonyl (C=O) groups is 1. The summed E-state index contributed by atoms with van der Waals surface area (Å²) in [4.78, 5) is 29.4. The number of aromatic hydroxyl groups is 1. The first-order valence-electron chi connectivity index (χ1n) is 11.1. The highest BCUT2D eigenvalue weighted by molar-refractivity contribution is 5.93. The van der Waals surface area contributed by atoms with Crippen LogP contribution in [0, 0.1) is 24.6 Å². The van der Waals surface area contributed by atoms with Crippen LogP contribution in [0.25, 0.3) is 11.0 Å². The van der Waals surface area contributed by atoms with Crippen molar-refractivity contribution in [3.05, 3.63) is 119 Å². The zero-order valence-electron chi connectivity index (χ0n) is 19.2. The Hall–Kier alpha value is -5.03. The molecule has 1 atom stereocenters. The van der Waals surface area contributed by atoms with Crippen molar-refractivity contribution < 1.29 is 14.3 Å². The minimum absolute atomic E-state index is 0.131. The lowest BCUT2D eigenvalue weighted by Crippen LogP contribution is -2.31. The number of nitrogens with zero attached hydrogens (tertiary/aromatic N) is 3.